The Balaban J connectivity index is 1.35. The Labute approximate surface area is 185 Å². The molecule has 0 aliphatic heterocycles. The van der Waals surface area contributed by atoms with Gasteiger partial charge in [0.15, 0.2) is 9.84 Å². The highest BCUT2D eigenvalue weighted by molar-refractivity contribution is 7.91. The van der Waals surface area contributed by atoms with Gasteiger partial charge in [-0.05, 0) is 74.3 Å². The highest BCUT2D eigenvalue weighted by Crippen LogP contribution is 2.60. The van der Waals surface area contributed by atoms with Crippen LogP contribution >= 0.6 is 0 Å². The zero-order chi connectivity index (χ0) is 22.2. The molecule has 7 heteroatoms. The first-order valence-electron chi connectivity index (χ1n) is 11.5. The van der Waals surface area contributed by atoms with Crippen LogP contribution in [0.3, 0.4) is 0 Å². The molecule has 170 valence electrons. The van der Waals surface area contributed by atoms with Gasteiger partial charge in [0.25, 0.3) is 0 Å². The minimum Gasteiger partial charge on any atom is -0.353 e. The molecule has 4 fully saturated rings. The summed E-state index contributed by atoms with van der Waals surface area (Å²) in [6.07, 6.45) is 6.63. The second-order valence-corrected chi connectivity index (χ2v) is 12.4. The maximum absolute atomic E-state index is 13.3. The molecule has 1 aromatic carbocycles. The molecular weight excluding hydrogens is 412 g/mol. The monoisotopic (exact) mass is 446 g/mol. The van der Waals surface area contributed by atoms with Gasteiger partial charge >= 0.3 is 0 Å². The number of carbonyl (C=O) groups excluding carboxylic acids is 2. The van der Waals surface area contributed by atoms with Crippen LogP contribution in [-0.4, -0.2) is 38.6 Å². The Morgan fingerprint density at radius 1 is 1.00 bits per heavy atom. The fourth-order valence-corrected chi connectivity index (χ4v) is 7.56. The smallest absolute Gasteiger partial charge is 0.242 e. The minimum absolute atomic E-state index is 0.0204. The summed E-state index contributed by atoms with van der Waals surface area (Å²) in [4.78, 5) is 26.4. The second-order valence-electron chi connectivity index (χ2n) is 10.3. The first-order chi connectivity index (χ1) is 14.7. The summed E-state index contributed by atoms with van der Waals surface area (Å²) in [6.45, 7) is 3.84. The average Bonchev–Trinajstić information content (AvgIpc) is 2.71. The van der Waals surface area contributed by atoms with Gasteiger partial charge in [0.1, 0.15) is 6.04 Å². The van der Waals surface area contributed by atoms with Crippen molar-refractivity contribution in [2.75, 3.05) is 12.3 Å². The molecule has 0 heterocycles. The lowest BCUT2D eigenvalue weighted by molar-refractivity contribution is -0.149. The second kappa shape index (κ2) is 8.57. The number of benzene rings is 1. The van der Waals surface area contributed by atoms with Crippen molar-refractivity contribution in [3.63, 3.8) is 0 Å². The van der Waals surface area contributed by atoms with Crippen molar-refractivity contribution in [2.24, 2.45) is 29.1 Å². The molecule has 31 heavy (non-hydrogen) atoms. The number of hydrogen-bond donors (Lipinski definition) is 2. The summed E-state index contributed by atoms with van der Waals surface area (Å²) < 4.78 is 24.9. The molecule has 0 saturated heterocycles. The van der Waals surface area contributed by atoms with Crippen molar-refractivity contribution in [1.29, 1.82) is 0 Å². The van der Waals surface area contributed by atoms with E-state index in [-0.39, 0.29) is 40.3 Å². The van der Waals surface area contributed by atoms with Crippen LogP contribution in [0.1, 0.15) is 52.4 Å². The third kappa shape index (κ3) is 4.66. The molecule has 6 nitrogen and oxygen atoms in total. The molecule has 4 bridgehead atoms. The Bertz CT molecular complexity index is 891. The van der Waals surface area contributed by atoms with E-state index in [1.165, 1.54) is 19.3 Å². The van der Waals surface area contributed by atoms with Crippen molar-refractivity contribution in [2.45, 2.75) is 63.3 Å². The maximum Gasteiger partial charge on any atom is 0.242 e. The Morgan fingerprint density at radius 3 is 2.06 bits per heavy atom. The van der Waals surface area contributed by atoms with Crippen LogP contribution in [-0.2, 0) is 19.4 Å². The van der Waals surface area contributed by atoms with E-state index in [0.29, 0.717) is 17.8 Å². The van der Waals surface area contributed by atoms with Gasteiger partial charge in [-0.3, -0.25) is 9.59 Å². The van der Waals surface area contributed by atoms with Gasteiger partial charge in [0, 0.05) is 12.0 Å². The number of carbonyl (C=O) groups is 2. The standard InChI is InChI=1S/C24H34N2O4S/c1-16(2)21(22(27)25-8-9-31(29,30)20-6-4-3-5-7-20)26-23(28)24-13-17-10-18(14-24)12-19(11-17)15-24/h3-7,16-19,21H,8-15H2,1-2H3,(H,25,27)(H,26,28). The number of amides is 2. The number of rotatable bonds is 8. The van der Waals surface area contributed by atoms with E-state index in [2.05, 4.69) is 10.6 Å². The van der Waals surface area contributed by atoms with Crippen molar-refractivity contribution in [1.82, 2.24) is 10.6 Å². The predicted octanol–water partition coefficient (Wildman–Crippen LogP) is 2.93. The van der Waals surface area contributed by atoms with E-state index in [0.717, 1.165) is 19.3 Å². The van der Waals surface area contributed by atoms with E-state index in [1.54, 1.807) is 30.3 Å². The molecule has 4 aliphatic carbocycles. The average molecular weight is 447 g/mol. The predicted molar refractivity (Wildman–Crippen MR) is 119 cm³/mol. The van der Waals surface area contributed by atoms with E-state index in [4.69, 9.17) is 0 Å². The van der Waals surface area contributed by atoms with Crippen LogP contribution in [0, 0.1) is 29.1 Å². The van der Waals surface area contributed by atoms with Crippen LogP contribution < -0.4 is 10.6 Å². The number of hydrogen-bond acceptors (Lipinski definition) is 4. The van der Waals surface area contributed by atoms with Crippen molar-refractivity contribution < 1.29 is 18.0 Å². The minimum atomic E-state index is -3.46. The van der Waals surface area contributed by atoms with Gasteiger partial charge in [0.05, 0.1) is 10.6 Å². The van der Waals surface area contributed by atoms with Crippen LogP contribution in [0.15, 0.2) is 35.2 Å². The summed E-state index contributed by atoms with van der Waals surface area (Å²) in [5, 5.41) is 5.79. The topological polar surface area (TPSA) is 92.3 Å². The third-order valence-electron chi connectivity index (χ3n) is 7.53. The molecule has 1 aromatic rings. The molecule has 5 rings (SSSR count). The van der Waals surface area contributed by atoms with Gasteiger partial charge in [-0.2, -0.15) is 0 Å². The molecule has 4 saturated carbocycles. The van der Waals surface area contributed by atoms with Gasteiger partial charge < -0.3 is 10.6 Å². The molecule has 0 spiro atoms. The summed E-state index contributed by atoms with van der Waals surface area (Å²) in [5.74, 6) is 1.44. The van der Waals surface area contributed by atoms with Gasteiger partial charge in [-0.25, -0.2) is 8.42 Å². The van der Waals surface area contributed by atoms with Crippen LogP contribution in [0.4, 0.5) is 0 Å². The van der Waals surface area contributed by atoms with Crippen molar-refractivity contribution in [3.05, 3.63) is 30.3 Å². The summed E-state index contributed by atoms with van der Waals surface area (Å²) in [6, 6.07) is 7.58. The maximum atomic E-state index is 13.3. The molecule has 4 aliphatic rings. The van der Waals surface area contributed by atoms with Gasteiger partial charge in [0.2, 0.25) is 11.8 Å². The van der Waals surface area contributed by atoms with E-state index >= 15 is 0 Å². The van der Waals surface area contributed by atoms with Crippen molar-refractivity contribution in [3.8, 4) is 0 Å². The largest absolute Gasteiger partial charge is 0.353 e. The van der Waals surface area contributed by atoms with Crippen LogP contribution in [0.2, 0.25) is 0 Å². The lowest BCUT2D eigenvalue weighted by Gasteiger charge is -2.55. The van der Waals surface area contributed by atoms with E-state index < -0.39 is 15.9 Å². The zero-order valence-corrected chi connectivity index (χ0v) is 19.3. The van der Waals surface area contributed by atoms with Crippen LogP contribution in [0.5, 0.6) is 0 Å². The lowest BCUT2D eigenvalue weighted by Crippen LogP contribution is -2.58. The summed E-state index contributed by atoms with van der Waals surface area (Å²) in [5.41, 5.74) is -0.307. The molecule has 2 N–H and O–H groups in total. The number of nitrogens with one attached hydrogen (secondary N) is 2. The van der Waals surface area contributed by atoms with Crippen LogP contribution in [0.25, 0.3) is 0 Å². The molecule has 1 atom stereocenters. The summed E-state index contributed by atoms with van der Waals surface area (Å²) >= 11 is 0. The Kier molecular flexibility index (Phi) is 6.16. The SMILES string of the molecule is CC(C)C(NC(=O)C12CC3CC(CC(C3)C1)C2)C(=O)NCCS(=O)(=O)c1ccccc1. The highest BCUT2D eigenvalue weighted by atomic mass is 32.2. The Morgan fingerprint density at radius 2 is 1.55 bits per heavy atom. The van der Waals surface area contributed by atoms with Gasteiger partial charge in [-0.15, -0.1) is 0 Å². The quantitative estimate of drug-likeness (QED) is 0.642. The van der Waals surface area contributed by atoms with Crippen molar-refractivity contribution >= 4 is 21.7 Å². The highest BCUT2D eigenvalue weighted by Gasteiger charge is 2.55. The number of sulfone groups is 1. The van der Waals surface area contributed by atoms with Gasteiger partial charge in [-0.1, -0.05) is 32.0 Å². The first kappa shape index (κ1) is 22.3. The zero-order valence-electron chi connectivity index (χ0n) is 18.5. The molecular formula is C24H34N2O4S. The van der Waals surface area contributed by atoms with E-state index in [1.807, 2.05) is 13.8 Å². The first-order valence-corrected chi connectivity index (χ1v) is 13.2. The Hall–Kier alpha value is -1.89. The third-order valence-corrected chi connectivity index (χ3v) is 9.26. The summed E-state index contributed by atoms with van der Waals surface area (Å²) in [7, 11) is -3.46. The molecule has 2 amide bonds. The lowest BCUT2D eigenvalue weighted by atomic mass is 9.49. The molecule has 1 unspecified atom stereocenters. The fourth-order valence-electron chi connectivity index (χ4n) is 6.38. The fraction of sp³-hybridized carbons (Fsp3) is 0.667. The molecule has 0 radical (unpaired) electrons. The normalized spacial score (nSPS) is 30.2. The van der Waals surface area contributed by atoms with E-state index in [9.17, 15) is 18.0 Å². The molecule has 0 aromatic heterocycles.